The first-order valence-corrected chi connectivity index (χ1v) is 8.07. The molecule has 0 aliphatic carbocycles. The van der Waals surface area contributed by atoms with Crippen LogP contribution in [0, 0.1) is 13.8 Å². The first-order chi connectivity index (χ1) is 11.6. The van der Waals surface area contributed by atoms with Crippen molar-refractivity contribution in [1.82, 2.24) is 0 Å². The van der Waals surface area contributed by atoms with Gasteiger partial charge in [-0.05, 0) is 61.6 Å². The summed E-state index contributed by atoms with van der Waals surface area (Å²) in [7, 11) is 0. The highest BCUT2D eigenvalue weighted by atomic mass is 16.7. The molecule has 0 saturated heterocycles. The van der Waals surface area contributed by atoms with Crippen molar-refractivity contribution in [2.75, 3.05) is 12.1 Å². The number of anilines is 1. The maximum absolute atomic E-state index is 12.5. The summed E-state index contributed by atoms with van der Waals surface area (Å²) in [5.41, 5.74) is 4.19. The average Bonchev–Trinajstić information content (AvgIpc) is 3.02. The number of fused-ring (bicyclic) bond motifs is 2. The Morgan fingerprint density at radius 2 is 1.83 bits per heavy atom. The van der Waals surface area contributed by atoms with E-state index >= 15 is 0 Å². The molecule has 2 aliphatic heterocycles. The molecule has 5 nitrogen and oxygen atoms in total. The normalized spacial score (nSPS) is 17.8. The first-order valence-electron chi connectivity index (χ1n) is 8.07. The average molecular weight is 325 g/mol. The van der Waals surface area contributed by atoms with Crippen LogP contribution in [-0.2, 0) is 11.2 Å². The Hall–Kier alpha value is -2.69. The van der Waals surface area contributed by atoms with Crippen molar-refractivity contribution in [2.45, 2.75) is 32.8 Å². The van der Waals surface area contributed by atoms with Gasteiger partial charge in [0.1, 0.15) is 5.75 Å². The number of carbonyl (C=O) groups is 1. The van der Waals surface area contributed by atoms with Gasteiger partial charge in [0.25, 0.3) is 5.91 Å². The number of amides is 1. The lowest BCUT2D eigenvalue weighted by molar-refractivity contribution is -0.123. The van der Waals surface area contributed by atoms with E-state index in [0.29, 0.717) is 17.9 Å². The Bertz CT molecular complexity index is 815. The van der Waals surface area contributed by atoms with Gasteiger partial charge in [0.15, 0.2) is 17.6 Å². The van der Waals surface area contributed by atoms with Crippen molar-refractivity contribution >= 4 is 11.6 Å². The summed E-state index contributed by atoms with van der Waals surface area (Å²) < 4.78 is 16.7. The van der Waals surface area contributed by atoms with Crippen LogP contribution < -0.4 is 19.5 Å². The predicted molar refractivity (Wildman–Crippen MR) is 89.8 cm³/mol. The molecule has 1 amide bonds. The summed E-state index contributed by atoms with van der Waals surface area (Å²) in [6.07, 6.45) is 0.916. The topological polar surface area (TPSA) is 56.8 Å². The molecule has 1 unspecified atom stereocenters. The number of hydrogen-bond acceptors (Lipinski definition) is 4. The molecule has 5 heteroatoms. The standard InChI is InChI=1S/C19H19NO4/c1-11-3-5-14(7-12(11)2)20-19(21)15-6-4-13-8-17-18(23-10-22-17)9-16(13)24-15/h3,5,7-9,15H,4,6,10H2,1-2H3,(H,20,21). The van der Waals surface area contributed by atoms with Crippen molar-refractivity contribution in [2.24, 2.45) is 0 Å². The van der Waals surface area contributed by atoms with Crippen molar-refractivity contribution in [3.8, 4) is 17.2 Å². The number of hydrogen-bond donors (Lipinski definition) is 1. The van der Waals surface area contributed by atoms with Crippen LogP contribution in [-0.4, -0.2) is 18.8 Å². The zero-order valence-corrected chi connectivity index (χ0v) is 13.7. The molecule has 0 spiro atoms. The van der Waals surface area contributed by atoms with Crippen LogP contribution >= 0.6 is 0 Å². The van der Waals surface area contributed by atoms with E-state index in [-0.39, 0.29) is 12.7 Å². The molecule has 1 atom stereocenters. The fourth-order valence-corrected chi connectivity index (χ4v) is 3.00. The highest BCUT2D eigenvalue weighted by molar-refractivity contribution is 5.94. The molecule has 4 rings (SSSR count). The zero-order valence-electron chi connectivity index (χ0n) is 13.7. The summed E-state index contributed by atoms with van der Waals surface area (Å²) in [5.74, 6) is 1.99. The van der Waals surface area contributed by atoms with Crippen LogP contribution in [0.3, 0.4) is 0 Å². The van der Waals surface area contributed by atoms with Crippen LogP contribution in [0.4, 0.5) is 5.69 Å². The van der Waals surface area contributed by atoms with Gasteiger partial charge >= 0.3 is 0 Å². The van der Waals surface area contributed by atoms with Crippen LogP contribution in [0.2, 0.25) is 0 Å². The number of ether oxygens (including phenoxy) is 3. The fraction of sp³-hybridized carbons (Fsp3) is 0.316. The molecule has 124 valence electrons. The lowest BCUT2D eigenvalue weighted by Gasteiger charge is -2.25. The van der Waals surface area contributed by atoms with E-state index < -0.39 is 6.10 Å². The van der Waals surface area contributed by atoms with Gasteiger partial charge in [0.05, 0.1) is 0 Å². The van der Waals surface area contributed by atoms with Crippen molar-refractivity contribution in [3.05, 3.63) is 47.0 Å². The summed E-state index contributed by atoms with van der Waals surface area (Å²) in [5, 5.41) is 2.94. The molecule has 24 heavy (non-hydrogen) atoms. The van der Waals surface area contributed by atoms with Gasteiger partial charge in [-0.2, -0.15) is 0 Å². The summed E-state index contributed by atoms with van der Waals surface area (Å²) >= 11 is 0. The maximum Gasteiger partial charge on any atom is 0.265 e. The second kappa shape index (κ2) is 5.74. The van der Waals surface area contributed by atoms with Gasteiger partial charge in [-0.3, -0.25) is 4.79 Å². The van der Waals surface area contributed by atoms with Crippen LogP contribution in [0.1, 0.15) is 23.1 Å². The highest BCUT2D eigenvalue weighted by Gasteiger charge is 2.28. The van der Waals surface area contributed by atoms with Gasteiger partial charge in [0.2, 0.25) is 6.79 Å². The lowest BCUT2D eigenvalue weighted by Crippen LogP contribution is -2.35. The van der Waals surface area contributed by atoms with E-state index in [2.05, 4.69) is 5.32 Å². The number of rotatable bonds is 2. The third-order valence-corrected chi connectivity index (χ3v) is 4.57. The number of benzene rings is 2. The molecule has 2 aromatic carbocycles. The fourth-order valence-electron chi connectivity index (χ4n) is 3.00. The van der Waals surface area contributed by atoms with Gasteiger partial charge in [-0.1, -0.05) is 6.07 Å². The Morgan fingerprint density at radius 1 is 1.04 bits per heavy atom. The Labute approximate surface area is 140 Å². The molecule has 0 fully saturated rings. The van der Waals surface area contributed by atoms with Gasteiger partial charge < -0.3 is 19.5 Å². The van der Waals surface area contributed by atoms with E-state index in [1.165, 1.54) is 5.56 Å². The largest absolute Gasteiger partial charge is 0.480 e. The van der Waals surface area contributed by atoms with E-state index in [4.69, 9.17) is 14.2 Å². The maximum atomic E-state index is 12.5. The van der Waals surface area contributed by atoms with E-state index in [0.717, 1.165) is 29.0 Å². The van der Waals surface area contributed by atoms with Crippen LogP contribution in [0.15, 0.2) is 30.3 Å². The van der Waals surface area contributed by atoms with Crippen molar-refractivity contribution in [3.63, 3.8) is 0 Å². The van der Waals surface area contributed by atoms with Crippen LogP contribution in [0.5, 0.6) is 17.2 Å². The minimum absolute atomic E-state index is 0.124. The van der Waals surface area contributed by atoms with Gasteiger partial charge in [-0.25, -0.2) is 0 Å². The molecule has 2 aromatic rings. The molecule has 0 bridgehead atoms. The molecule has 2 aliphatic rings. The zero-order chi connectivity index (χ0) is 16.7. The Kier molecular flexibility index (Phi) is 3.56. The second-order valence-corrected chi connectivity index (χ2v) is 6.25. The monoisotopic (exact) mass is 325 g/mol. The van der Waals surface area contributed by atoms with Gasteiger partial charge in [-0.15, -0.1) is 0 Å². The van der Waals surface area contributed by atoms with Gasteiger partial charge in [0, 0.05) is 11.8 Å². The molecule has 1 N–H and O–H groups in total. The molecule has 0 aromatic heterocycles. The number of carbonyl (C=O) groups excluding carboxylic acids is 1. The van der Waals surface area contributed by atoms with E-state index in [9.17, 15) is 4.79 Å². The molecule has 0 saturated carbocycles. The minimum atomic E-state index is -0.500. The number of aryl methyl sites for hydroxylation is 3. The molecule has 2 heterocycles. The second-order valence-electron chi connectivity index (χ2n) is 6.25. The van der Waals surface area contributed by atoms with Crippen molar-refractivity contribution < 1.29 is 19.0 Å². The summed E-state index contributed by atoms with van der Waals surface area (Å²) in [4.78, 5) is 12.5. The molecular weight excluding hydrogens is 306 g/mol. The quantitative estimate of drug-likeness (QED) is 0.920. The minimum Gasteiger partial charge on any atom is -0.480 e. The Morgan fingerprint density at radius 3 is 2.62 bits per heavy atom. The number of nitrogens with one attached hydrogen (secondary N) is 1. The highest BCUT2D eigenvalue weighted by Crippen LogP contribution is 2.40. The van der Waals surface area contributed by atoms with E-state index in [1.807, 2.05) is 44.2 Å². The van der Waals surface area contributed by atoms with Crippen LogP contribution in [0.25, 0.3) is 0 Å². The third-order valence-electron chi connectivity index (χ3n) is 4.57. The Balaban J connectivity index is 1.49. The first kappa shape index (κ1) is 14.9. The van der Waals surface area contributed by atoms with E-state index in [1.54, 1.807) is 0 Å². The predicted octanol–water partition coefficient (Wildman–Crippen LogP) is 3.36. The molecular formula is C19H19NO4. The smallest absolute Gasteiger partial charge is 0.265 e. The molecule has 0 radical (unpaired) electrons. The third kappa shape index (κ3) is 2.66. The summed E-state index contributed by atoms with van der Waals surface area (Å²) in [6, 6.07) is 9.64. The summed E-state index contributed by atoms with van der Waals surface area (Å²) in [6.45, 7) is 4.31. The lowest BCUT2D eigenvalue weighted by atomic mass is 10.0. The SMILES string of the molecule is Cc1ccc(NC(=O)C2CCc3cc4c(cc3O2)OCO4)cc1C. The van der Waals surface area contributed by atoms with Crippen molar-refractivity contribution in [1.29, 1.82) is 0 Å².